The molecule has 0 bridgehead atoms. The molecule has 84 valence electrons. The van der Waals surface area contributed by atoms with Gasteiger partial charge in [0.1, 0.15) is 0 Å². The maximum atomic E-state index is 11.3. The van der Waals surface area contributed by atoms with E-state index in [2.05, 4.69) is 45.9 Å². The van der Waals surface area contributed by atoms with Crippen LogP contribution in [0.5, 0.6) is 0 Å². The van der Waals surface area contributed by atoms with Gasteiger partial charge in [-0.2, -0.15) is 0 Å². The summed E-state index contributed by atoms with van der Waals surface area (Å²) in [6.45, 7) is 8.62. The summed E-state index contributed by atoms with van der Waals surface area (Å²) in [5.74, 6) is 0. The standard InChI is InChI=1S/C12H18O2S/c1-10(2)6-5-9(15(13)14)11(3)7-8-12(10,11)4/h5-9H,1-4H3,(H,13,14). The number of fused-ring (bicyclic) bond motifs is 1. The number of allylic oxidation sites excluding steroid dienone is 3. The third-order valence-corrected chi connectivity index (χ3v) is 5.80. The SMILES string of the molecule is CC1(C)C=CC(S(=O)O)C2(C)C=CC12C. The Morgan fingerprint density at radius 1 is 1.13 bits per heavy atom. The molecule has 2 nitrogen and oxygen atoms in total. The minimum Gasteiger partial charge on any atom is -0.306 e. The lowest BCUT2D eigenvalue weighted by molar-refractivity contribution is 0.0279. The van der Waals surface area contributed by atoms with Crippen molar-refractivity contribution >= 4 is 11.1 Å². The smallest absolute Gasteiger partial charge is 0.160 e. The lowest BCUT2D eigenvalue weighted by Crippen LogP contribution is -2.59. The van der Waals surface area contributed by atoms with E-state index in [1.165, 1.54) is 0 Å². The Balaban J connectivity index is 2.55. The minimum absolute atomic E-state index is 0.0161. The van der Waals surface area contributed by atoms with Crippen LogP contribution in [0.3, 0.4) is 0 Å². The van der Waals surface area contributed by atoms with E-state index >= 15 is 0 Å². The molecule has 4 atom stereocenters. The molecule has 0 saturated heterocycles. The van der Waals surface area contributed by atoms with Crippen LogP contribution in [0.1, 0.15) is 27.7 Å². The van der Waals surface area contributed by atoms with E-state index in [0.29, 0.717) is 0 Å². The topological polar surface area (TPSA) is 37.3 Å². The molecule has 0 aromatic carbocycles. The molecule has 2 rings (SSSR count). The van der Waals surface area contributed by atoms with E-state index in [-0.39, 0.29) is 21.5 Å². The average Bonchev–Trinajstić information content (AvgIpc) is 2.12. The quantitative estimate of drug-likeness (QED) is 0.551. The first-order valence-corrected chi connectivity index (χ1v) is 6.41. The van der Waals surface area contributed by atoms with Crippen LogP contribution in [0.15, 0.2) is 24.3 Å². The van der Waals surface area contributed by atoms with Crippen molar-refractivity contribution < 1.29 is 8.76 Å². The zero-order valence-electron chi connectivity index (χ0n) is 9.65. The van der Waals surface area contributed by atoms with Crippen molar-refractivity contribution in [2.75, 3.05) is 0 Å². The van der Waals surface area contributed by atoms with Gasteiger partial charge in [0.25, 0.3) is 0 Å². The van der Waals surface area contributed by atoms with Crippen molar-refractivity contribution in [3.63, 3.8) is 0 Å². The largest absolute Gasteiger partial charge is 0.306 e. The third-order valence-electron chi connectivity index (χ3n) is 4.72. The molecule has 4 unspecified atom stereocenters. The lowest BCUT2D eigenvalue weighted by Gasteiger charge is -2.61. The second-order valence-corrected chi connectivity index (χ2v) is 6.66. The second-order valence-electron chi connectivity index (χ2n) is 5.60. The van der Waals surface area contributed by atoms with Gasteiger partial charge >= 0.3 is 0 Å². The fourth-order valence-electron chi connectivity index (χ4n) is 2.87. The Hall–Kier alpha value is -0.410. The fourth-order valence-corrected chi connectivity index (χ4v) is 3.83. The summed E-state index contributed by atoms with van der Waals surface area (Å²) >= 11 is -1.79. The monoisotopic (exact) mass is 226 g/mol. The van der Waals surface area contributed by atoms with Gasteiger partial charge in [-0.15, -0.1) is 0 Å². The molecule has 0 fully saturated rings. The van der Waals surface area contributed by atoms with Crippen molar-refractivity contribution in [3.8, 4) is 0 Å². The molecule has 0 aliphatic heterocycles. The Bertz CT molecular complexity index is 383. The van der Waals surface area contributed by atoms with Crippen LogP contribution >= 0.6 is 0 Å². The van der Waals surface area contributed by atoms with Gasteiger partial charge in [-0.1, -0.05) is 52.0 Å². The van der Waals surface area contributed by atoms with E-state index in [1.54, 1.807) is 0 Å². The van der Waals surface area contributed by atoms with Crippen LogP contribution < -0.4 is 0 Å². The predicted molar refractivity (Wildman–Crippen MR) is 62.8 cm³/mol. The van der Waals surface area contributed by atoms with Gasteiger partial charge in [-0.25, -0.2) is 4.21 Å². The molecule has 1 N–H and O–H groups in total. The first-order valence-electron chi connectivity index (χ1n) is 5.24. The Morgan fingerprint density at radius 3 is 2.13 bits per heavy atom. The van der Waals surface area contributed by atoms with E-state index in [4.69, 9.17) is 0 Å². The first-order chi connectivity index (χ1) is 6.75. The van der Waals surface area contributed by atoms with Gasteiger partial charge in [-0.3, -0.25) is 0 Å². The van der Waals surface area contributed by atoms with Crippen LogP contribution in [0.4, 0.5) is 0 Å². The fraction of sp³-hybridized carbons (Fsp3) is 0.667. The van der Waals surface area contributed by atoms with Gasteiger partial charge in [0.15, 0.2) is 11.1 Å². The molecule has 2 aliphatic carbocycles. The number of hydrogen-bond donors (Lipinski definition) is 1. The summed E-state index contributed by atoms with van der Waals surface area (Å²) in [6.07, 6.45) is 8.24. The van der Waals surface area contributed by atoms with E-state index in [1.807, 2.05) is 6.08 Å². The lowest BCUT2D eigenvalue weighted by atomic mass is 9.44. The van der Waals surface area contributed by atoms with Crippen molar-refractivity contribution in [2.24, 2.45) is 16.2 Å². The van der Waals surface area contributed by atoms with Crippen LogP contribution in [-0.4, -0.2) is 14.0 Å². The third kappa shape index (κ3) is 1.11. The number of rotatable bonds is 1. The molecular weight excluding hydrogens is 208 g/mol. The molecule has 15 heavy (non-hydrogen) atoms. The summed E-state index contributed by atoms with van der Waals surface area (Å²) in [7, 11) is 0. The highest BCUT2D eigenvalue weighted by Crippen LogP contribution is 2.64. The zero-order chi connectivity index (χ0) is 11.5. The highest BCUT2D eigenvalue weighted by molar-refractivity contribution is 7.80. The second kappa shape index (κ2) is 2.83. The van der Waals surface area contributed by atoms with Crippen LogP contribution in [0.25, 0.3) is 0 Å². The van der Waals surface area contributed by atoms with Crippen molar-refractivity contribution in [3.05, 3.63) is 24.3 Å². The van der Waals surface area contributed by atoms with Gasteiger partial charge in [-0.05, 0) is 5.41 Å². The summed E-state index contributed by atoms with van der Waals surface area (Å²) in [5.41, 5.74) is -0.158. The van der Waals surface area contributed by atoms with Gasteiger partial charge in [0.05, 0.1) is 5.25 Å². The maximum absolute atomic E-state index is 11.3. The van der Waals surface area contributed by atoms with Crippen molar-refractivity contribution in [2.45, 2.75) is 32.9 Å². The normalized spacial score (nSPS) is 48.2. The van der Waals surface area contributed by atoms with Gasteiger partial charge in [0, 0.05) is 10.8 Å². The Kier molecular flexibility index (Phi) is 2.09. The van der Waals surface area contributed by atoms with Gasteiger partial charge < -0.3 is 4.55 Å². The molecule has 2 aliphatic rings. The van der Waals surface area contributed by atoms with Crippen LogP contribution in [-0.2, 0) is 11.1 Å². The summed E-state index contributed by atoms with van der Waals surface area (Å²) in [5, 5.41) is -0.277. The highest BCUT2D eigenvalue weighted by atomic mass is 32.2. The van der Waals surface area contributed by atoms with E-state index < -0.39 is 11.1 Å². The predicted octanol–water partition coefficient (Wildman–Crippen LogP) is 2.76. The van der Waals surface area contributed by atoms with Crippen molar-refractivity contribution in [1.82, 2.24) is 0 Å². The molecule has 0 aromatic heterocycles. The number of hydrogen-bond acceptors (Lipinski definition) is 1. The van der Waals surface area contributed by atoms with Crippen molar-refractivity contribution in [1.29, 1.82) is 0 Å². The van der Waals surface area contributed by atoms with Gasteiger partial charge in [0.2, 0.25) is 0 Å². The summed E-state index contributed by atoms with van der Waals surface area (Å²) in [4.78, 5) is 0. The Morgan fingerprint density at radius 2 is 1.73 bits per heavy atom. The maximum Gasteiger partial charge on any atom is 0.160 e. The zero-order valence-corrected chi connectivity index (χ0v) is 10.5. The molecule has 3 heteroatoms. The summed E-state index contributed by atoms with van der Waals surface area (Å²) < 4.78 is 20.7. The highest BCUT2D eigenvalue weighted by Gasteiger charge is 2.61. The first kappa shape index (κ1) is 11.1. The molecule has 0 spiro atoms. The van der Waals surface area contributed by atoms with E-state index in [9.17, 15) is 8.76 Å². The molecule has 0 radical (unpaired) electrons. The molecule has 0 amide bonds. The van der Waals surface area contributed by atoms with Crippen LogP contribution in [0, 0.1) is 16.2 Å². The molecule has 0 heterocycles. The van der Waals surface area contributed by atoms with E-state index in [0.717, 1.165) is 0 Å². The van der Waals surface area contributed by atoms with Crippen LogP contribution in [0.2, 0.25) is 0 Å². The molecular formula is C12H18O2S. The Labute approximate surface area is 93.7 Å². The average molecular weight is 226 g/mol. The summed E-state index contributed by atoms with van der Waals surface area (Å²) in [6, 6.07) is 0. The molecule has 0 saturated carbocycles. The minimum atomic E-state index is -1.79. The molecule has 0 aromatic rings.